The van der Waals surface area contributed by atoms with Crippen molar-refractivity contribution in [3.8, 4) is 5.75 Å². The van der Waals surface area contributed by atoms with Crippen LogP contribution in [0.25, 0.3) is 0 Å². The highest BCUT2D eigenvalue weighted by Gasteiger charge is 2.15. The molecule has 0 bridgehead atoms. The smallest absolute Gasteiger partial charge is 0.298 e. The molecule has 21 heavy (non-hydrogen) atoms. The molecule has 4 nitrogen and oxygen atoms in total. The fraction of sp³-hybridized carbons (Fsp3) is 0.625. The molecular weight excluding hydrogens is 288 g/mol. The van der Waals surface area contributed by atoms with E-state index in [9.17, 15) is 13.5 Å². The van der Waals surface area contributed by atoms with Gasteiger partial charge in [0, 0.05) is 0 Å². The summed E-state index contributed by atoms with van der Waals surface area (Å²) in [6.07, 6.45) is 10.7. The van der Waals surface area contributed by atoms with E-state index in [1.54, 1.807) is 6.07 Å². The number of aryl methyl sites for hydroxylation is 1. The predicted molar refractivity (Wildman–Crippen MR) is 84.2 cm³/mol. The molecule has 0 saturated carbocycles. The monoisotopic (exact) mass is 314 g/mol. The third-order valence-electron chi connectivity index (χ3n) is 3.62. The van der Waals surface area contributed by atoms with E-state index in [2.05, 4.69) is 6.92 Å². The Kier molecular flexibility index (Phi) is 7.75. The molecule has 0 aliphatic heterocycles. The van der Waals surface area contributed by atoms with Gasteiger partial charge in [-0.15, -0.1) is 0 Å². The van der Waals surface area contributed by atoms with E-state index in [4.69, 9.17) is 4.55 Å². The van der Waals surface area contributed by atoms with E-state index >= 15 is 0 Å². The number of benzene rings is 1. The largest absolute Gasteiger partial charge is 0.506 e. The zero-order valence-corrected chi connectivity index (χ0v) is 13.5. The van der Waals surface area contributed by atoms with Gasteiger partial charge in [-0.3, -0.25) is 4.55 Å². The summed E-state index contributed by atoms with van der Waals surface area (Å²) in [6, 6.07) is 4.32. The summed E-state index contributed by atoms with van der Waals surface area (Å²) in [5, 5.41) is 9.61. The maximum Gasteiger partial charge on any atom is 0.298 e. The Morgan fingerprint density at radius 1 is 0.952 bits per heavy atom. The van der Waals surface area contributed by atoms with Gasteiger partial charge in [-0.05, 0) is 30.5 Å². The topological polar surface area (TPSA) is 74.6 Å². The first-order chi connectivity index (χ1) is 9.95. The van der Waals surface area contributed by atoms with Crippen molar-refractivity contribution in [2.24, 2.45) is 0 Å². The highest BCUT2D eigenvalue weighted by atomic mass is 32.2. The molecule has 0 atom stereocenters. The van der Waals surface area contributed by atoms with E-state index in [1.807, 2.05) is 0 Å². The number of aromatic hydroxyl groups is 1. The van der Waals surface area contributed by atoms with Crippen LogP contribution in [-0.4, -0.2) is 18.1 Å². The van der Waals surface area contributed by atoms with Crippen molar-refractivity contribution >= 4 is 10.1 Å². The minimum Gasteiger partial charge on any atom is -0.506 e. The number of hydrogen-bond acceptors (Lipinski definition) is 3. The Balaban J connectivity index is 2.29. The zero-order valence-electron chi connectivity index (χ0n) is 12.7. The number of rotatable bonds is 10. The molecule has 0 radical (unpaired) electrons. The van der Waals surface area contributed by atoms with Gasteiger partial charge in [-0.25, -0.2) is 0 Å². The first-order valence-corrected chi connectivity index (χ1v) is 9.18. The second-order valence-electron chi connectivity index (χ2n) is 5.50. The SMILES string of the molecule is CCCCCCCCCCc1ccc(S(=O)(=O)O)c(O)c1. The summed E-state index contributed by atoms with van der Waals surface area (Å²) >= 11 is 0. The third-order valence-corrected chi connectivity index (χ3v) is 4.52. The molecule has 0 heterocycles. The molecule has 0 saturated heterocycles. The third kappa shape index (κ3) is 6.96. The second-order valence-corrected chi connectivity index (χ2v) is 6.89. The van der Waals surface area contributed by atoms with Crippen LogP contribution >= 0.6 is 0 Å². The van der Waals surface area contributed by atoms with Gasteiger partial charge < -0.3 is 5.11 Å². The van der Waals surface area contributed by atoms with Gasteiger partial charge in [-0.2, -0.15) is 8.42 Å². The fourth-order valence-electron chi connectivity index (χ4n) is 2.40. The van der Waals surface area contributed by atoms with Crippen LogP contribution in [0.1, 0.15) is 63.9 Å². The normalized spacial score (nSPS) is 11.7. The summed E-state index contributed by atoms with van der Waals surface area (Å²) in [5.74, 6) is -0.380. The Labute approximate surface area is 128 Å². The summed E-state index contributed by atoms with van der Waals surface area (Å²) in [4.78, 5) is -0.429. The standard InChI is InChI=1S/C16H26O4S/c1-2-3-4-5-6-7-8-9-10-14-11-12-16(15(17)13-14)21(18,19)20/h11-13,17H,2-10H2,1H3,(H,18,19,20). The van der Waals surface area contributed by atoms with E-state index in [0.29, 0.717) is 0 Å². The van der Waals surface area contributed by atoms with Gasteiger partial charge in [0.05, 0.1) is 0 Å². The summed E-state index contributed by atoms with van der Waals surface area (Å²) in [5.41, 5.74) is 0.894. The first-order valence-electron chi connectivity index (χ1n) is 7.74. The molecule has 0 amide bonds. The van der Waals surface area contributed by atoms with Crippen LogP contribution in [0.15, 0.2) is 23.1 Å². The van der Waals surface area contributed by atoms with Gasteiger partial charge in [0.15, 0.2) is 0 Å². The highest BCUT2D eigenvalue weighted by Crippen LogP contribution is 2.24. The minimum absolute atomic E-state index is 0.380. The average molecular weight is 314 g/mol. The molecule has 1 aromatic rings. The molecular formula is C16H26O4S. The van der Waals surface area contributed by atoms with Crippen molar-refractivity contribution < 1.29 is 18.1 Å². The number of unbranched alkanes of at least 4 members (excludes halogenated alkanes) is 7. The van der Waals surface area contributed by atoms with Crippen LogP contribution in [0.2, 0.25) is 0 Å². The van der Waals surface area contributed by atoms with E-state index in [0.717, 1.165) is 24.8 Å². The predicted octanol–water partition coefficient (Wildman–Crippen LogP) is 4.32. The lowest BCUT2D eigenvalue weighted by Gasteiger charge is -2.05. The molecule has 0 spiro atoms. The Hall–Kier alpha value is -1.07. The Morgan fingerprint density at radius 3 is 2.05 bits per heavy atom. The summed E-state index contributed by atoms with van der Waals surface area (Å²) in [6.45, 7) is 2.21. The molecule has 0 unspecified atom stereocenters. The zero-order chi connectivity index (χ0) is 15.7. The fourth-order valence-corrected chi connectivity index (χ4v) is 2.96. The van der Waals surface area contributed by atoms with E-state index < -0.39 is 15.0 Å². The van der Waals surface area contributed by atoms with Crippen molar-refractivity contribution in [3.63, 3.8) is 0 Å². The molecule has 0 aliphatic rings. The van der Waals surface area contributed by atoms with Crippen molar-refractivity contribution in [1.29, 1.82) is 0 Å². The van der Waals surface area contributed by atoms with Crippen LogP contribution in [0, 0.1) is 0 Å². The Bertz CT molecular complexity index is 523. The maximum absolute atomic E-state index is 11.0. The summed E-state index contributed by atoms with van der Waals surface area (Å²) < 4.78 is 30.8. The van der Waals surface area contributed by atoms with Crippen molar-refractivity contribution in [2.75, 3.05) is 0 Å². The molecule has 1 aromatic carbocycles. The van der Waals surface area contributed by atoms with E-state index in [-0.39, 0.29) is 5.75 Å². The molecule has 0 aromatic heterocycles. The van der Waals surface area contributed by atoms with Gasteiger partial charge in [0.2, 0.25) is 0 Å². The van der Waals surface area contributed by atoms with Crippen LogP contribution < -0.4 is 0 Å². The number of hydrogen-bond donors (Lipinski definition) is 2. The van der Waals surface area contributed by atoms with Gasteiger partial charge >= 0.3 is 0 Å². The van der Waals surface area contributed by atoms with Gasteiger partial charge in [0.25, 0.3) is 10.1 Å². The van der Waals surface area contributed by atoms with E-state index in [1.165, 1.54) is 50.7 Å². The first kappa shape index (κ1) is 18.0. The number of phenols is 1. The van der Waals surface area contributed by atoms with Crippen LogP contribution in [-0.2, 0) is 16.5 Å². The molecule has 0 fully saturated rings. The van der Waals surface area contributed by atoms with Crippen LogP contribution in [0.5, 0.6) is 5.75 Å². The quantitative estimate of drug-likeness (QED) is 0.498. The van der Waals surface area contributed by atoms with Gasteiger partial charge in [0.1, 0.15) is 10.6 Å². The van der Waals surface area contributed by atoms with Crippen molar-refractivity contribution in [2.45, 2.75) is 69.6 Å². The minimum atomic E-state index is -4.34. The Morgan fingerprint density at radius 2 is 1.52 bits per heavy atom. The lowest BCUT2D eigenvalue weighted by atomic mass is 10.0. The van der Waals surface area contributed by atoms with Crippen LogP contribution in [0.3, 0.4) is 0 Å². The summed E-state index contributed by atoms with van der Waals surface area (Å²) in [7, 11) is -4.34. The lowest BCUT2D eigenvalue weighted by Crippen LogP contribution is -1.99. The average Bonchev–Trinajstić information content (AvgIpc) is 2.40. The molecule has 120 valence electrons. The second kappa shape index (κ2) is 9.05. The molecule has 2 N–H and O–H groups in total. The highest BCUT2D eigenvalue weighted by molar-refractivity contribution is 7.86. The molecule has 1 rings (SSSR count). The maximum atomic E-state index is 11.0. The van der Waals surface area contributed by atoms with Crippen molar-refractivity contribution in [3.05, 3.63) is 23.8 Å². The van der Waals surface area contributed by atoms with Gasteiger partial charge in [-0.1, -0.05) is 57.9 Å². The molecule has 5 heteroatoms. The van der Waals surface area contributed by atoms with Crippen LogP contribution in [0.4, 0.5) is 0 Å². The molecule has 0 aliphatic carbocycles. The number of phenolic OH excluding ortho intramolecular Hbond substituents is 1. The lowest BCUT2D eigenvalue weighted by molar-refractivity contribution is 0.442. The van der Waals surface area contributed by atoms with Crippen molar-refractivity contribution in [1.82, 2.24) is 0 Å².